The van der Waals surface area contributed by atoms with Gasteiger partial charge in [-0.25, -0.2) is 19.9 Å². The maximum atomic E-state index is 12.3. The number of hydrogen-bond acceptors (Lipinski definition) is 7. The minimum absolute atomic E-state index is 0.125. The van der Waals surface area contributed by atoms with Crippen molar-refractivity contribution in [2.24, 2.45) is 5.92 Å². The van der Waals surface area contributed by atoms with Gasteiger partial charge in [-0.3, -0.25) is 4.79 Å². The molecule has 8 heteroatoms. The van der Waals surface area contributed by atoms with Crippen LogP contribution in [0.5, 0.6) is 0 Å². The fourth-order valence-electron chi connectivity index (χ4n) is 3.30. The average molecular weight is 340 g/mol. The number of ether oxygens (including phenoxy) is 1. The van der Waals surface area contributed by atoms with E-state index in [4.69, 9.17) is 4.74 Å². The van der Waals surface area contributed by atoms with E-state index < -0.39 is 0 Å². The predicted octanol–water partition coefficient (Wildman–Crippen LogP) is 1.000. The predicted molar refractivity (Wildman–Crippen MR) is 89.9 cm³/mol. The van der Waals surface area contributed by atoms with Crippen LogP contribution in [0.1, 0.15) is 23.5 Å². The van der Waals surface area contributed by atoms with Gasteiger partial charge in [0.15, 0.2) is 0 Å². The third kappa shape index (κ3) is 3.43. The molecule has 0 aliphatic carbocycles. The van der Waals surface area contributed by atoms with Gasteiger partial charge in [-0.15, -0.1) is 0 Å². The molecule has 1 unspecified atom stereocenters. The molecule has 2 aromatic heterocycles. The molecule has 2 aromatic rings. The third-order valence-electron chi connectivity index (χ3n) is 4.75. The summed E-state index contributed by atoms with van der Waals surface area (Å²) < 4.78 is 6.10. The van der Waals surface area contributed by atoms with E-state index in [1.807, 2.05) is 0 Å². The molecule has 2 aliphatic rings. The van der Waals surface area contributed by atoms with Gasteiger partial charge in [0.05, 0.1) is 19.7 Å². The van der Waals surface area contributed by atoms with Crippen LogP contribution >= 0.6 is 0 Å². The first-order chi connectivity index (χ1) is 12.2. The minimum Gasteiger partial charge on any atom is -0.371 e. The standard InChI is InChI=1S/C17H20N6O2/c24-15(14-18-5-1-6-19-14)23-11-17(12-23)4-3-13(10-25-17)9-22-16-20-7-2-8-21-16/h1-2,5-8,13H,3-4,9-12H2,(H,20,21,22). The number of nitrogens with one attached hydrogen (secondary N) is 1. The molecule has 0 saturated carbocycles. The first kappa shape index (κ1) is 15.9. The van der Waals surface area contributed by atoms with Crippen LogP contribution in [0.25, 0.3) is 0 Å². The topological polar surface area (TPSA) is 93.1 Å². The summed E-state index contributed by atoms with van der Waals surface area (Å²) in [4.78, 5) is 30.4. The lowest BCUT2D eigenvalue weighted by Crippen LogP contribution is -2.66. The smallest absolute Gasteiger partial charge is 0.291 e. The largest absolute Gasteiger partial charge is 0.371 e. The Bertz CT molecular complexity index is 710. The summed E-state index contributed by atoms with van der Waals surface area (Å²) in [5.74, 6) is 1.20. The molecule has 4 heterocycles. The van der Waals surface area contributed by atoms with Gasteiger partial charge in [0.2, 0.25) is 11.8 Å². The summed E-state index contributed by atoms with van der Waals surface area (Å²) in [5, 5.41) is 3.24. The van der Waals surface area contributed by atoms with Crippen LogP contribution in [0.2, 0.25) is 0 Å². The summed E-state index contributed by atoms with van der Waals surface area (Å²) in [6.07, 6.45) is 8.62. The molecule has 25 heavy (non-hydrogen) atoms. The number of amides is 1. The lowest BCUT2D eigenvalue weighted by molar-refractivity contribution is -0.165. The van der Waals surface area contributed by atoms with Crippen molar-refractivity contribution in [3.05, 3.63) is 42.7 Å². The number of anilines is 1. The highest BCUT2D eigenvalue weighted by Gasteiger charge is 2.48. The third-order valence-corrected chi connectivity index (χ3v) is 4.75. The molecule has 1 N–H and O–H groups in total. The van der Waals surface area contributed by atoms with E-state index in [0.717, 1.165) is 19.4 Å². The molecule has 130 valence electrons. The fraction of sp³-hybridized carbons (Fsp3) is 0.471. The van der Waals surface area contributed by atoms with Gasteiger partial charge in [0.1, 0.15) is 5.60 Å². The summed E-state index contributed by atoms with van der Waals surface area (Å²) in [7, 11) is 0. The van der Waals surface area contributed by atoms with Gasteiger partial charge in [0, 0.05) is 31.3 Å². The quantitative estimate of drug-likeness (QED) is 0.887. The molecule has 2 saturated heterocycles. The maximum Gasteiger partial charge on any atom is 0.291 e. The van der Waals surface area contributed by atoms with Gasteiger partial charge in [-0.1, -0.05) is 0 Å². The van der Waals surface area contributed by atoms with Crippen LogP contribution in [0.4, 0.5) is 5.95 Å². The first-order valence-corrected chi connectivity index (χ1v) is 8.45. The Morgan fingerprint density at radius 3 is 2.48 bits per heavy atom. The van der Waals surface area contributed by atoms with Crippen LogP contribution < -0.4 is 5.32 Å². The molecule has 2 fully saturated rings. The molecule has 1 atom stereocenters. The second-order valence-electron chi connectivity index (χ2n) is 6.59. The van der Waals surface area contributed by atoms with E-state index in [1.165, 1.54) is 0 Å². The molecular weight excluding hydrogens is 320 g/mol. The van der Waals surface area contributed by atoms with Gasteiger partial charge in [-0.05, 0) is 30.9 Å². The molecule has 0 radical (unpaired) electrons. The summed E-state index contributed by atoms with van der Waals surface area (Å²) in [6, 6.07) is 3.50. The van der Waals surface area contributed by atoms with E-state index in [9.17, 15) is 4.79 Å². The normalized spacial score (nSPS) is 21.6. The monoisotopic (exact) mass is 340 g/mol. The average Bonchev–Trinajstić information content (AvgIpc) is 2.66. The van der Waals surface area contributed by atoms with Crippen LogP contribution in [0.15, 0.2) is 36.9 Å². The number of hydrogen-bond donors (Lipinski definition) is 1. The van der Waals surface area contributed by atoms with Crippen molar-refractivity contribution in [1.29, 1.82) is 0 Å². The Kier molecular flexibility index (Phi) is 4.27. The van der Waals surface area contributed by atoms with E-state index in [2.05, 4.69) is 25.3 Å². The van der Waals surface area contributed by atoms with E-state index in [1.54, 1.807) is 41.8 Å². The Hall–Kier alpha value is -2.61. The van der Waals surface area contributed by atoms with Crippen molar-refractivity contribution in [2.45, 2.75) is 18.4 Å². The van der Waals surface area contributed by atoms with E-state index in [-0.39, 0.29) is 17.3 Å². The van der Waals surface area contributed by atoms with Crippen molar-refractivity contribution >= 4 is 11.9 Å². The number of carbonyl (C=O) groups excluding carboxylic acids is 1. The number of nitrogens with zero attached hydrogens (tertiary/aromatic N) is 5. The van der Waals surface area contributed by atoms with E-state index >= 15 is 0 Å². The minimum atomic E-state index is -0.190. The summed E-state index contributed by atoms with van der Waals surface area (Å²) in [5.41, 5.74) is -0.190. The van der Waals surface area contributed by atoms with Gasteiger partial charge >= 0.3 is 0 Å². The van der Waals surface area contributed by atoms with Gasteiger partial charge in [0.25, 0.3) is 5.91 Å². The second-order valence-corrected chi connectivity index (χ2v) is 6.59. The zero-order valence-electron chi connectivity index (χ0n) is 13.8. The van der Waals surface area contributed by atoms with Gasteiger partial charge < -0.3 is 15.0 Å². The molecule has 1 spiro atoms. The Morgan fingerprint density at radius 1 is 1.16 bits per heavy atom. The summed E-state index contributed by atoms with van der Waals surface area (Å²) in [6.45, 7) is 2.71. The molecular formula is C17H20N6O2. The summed E-state index contributed by atoms with van der Waals surface area (Å²) >= 11 is 0. The van der Waals surface area contributed by atoms with Crippen LogP contribution in [0, 0.1) is 5.92 Å². The van der Waals surface area contributed by atoms with E-state index in [0.29, 0.717) is 31.6 Å². The Balaban J connectivity index is 1.24. The lowest BCUT2D eigenvalue weighted by Gasteiger charge is -2.52. The highest BCUT2D eigenvalue weighted by atomic mass is 16.5. The lowest BCUT2D eigenvalue weighted by atomic mass is 9.83. The Labute approximate surface area is 145 Å². The molecule has 0 aromatic carbocycles. The molecule has 4 rings (SSSR count). The van der Waals surface area contributed by atoms with Crippen molar-refractivity contribution < 1.29 is 9.53 Å². The molecule has 1 amide bonds. The molecule has 8 nitrogen and oxygen atoms in total. The fourth-order valence-corrected chi connectivity index (χ4v) is 3.30. The number of rotatable bonds is 4. The van der Waals surface area contributed by atoms with Crippen molar-refractivity contribution in [2.75, 3.05) is 31.6 Å². The SMILES string of the molecule is O=C(c1ncccn1)N1CC2(CCC(CNc3ncccn3)CO2)C1. The van der Waals surface area contributed by atoms with Crippen LogP contribution in [-0.2, 0) is 4.74 Å². The molecule has 2 aliphatic heterocycles. The van der Waals surface area contributed by atoms with Crippen molar-refractivity contribution in [1.82, 2.24) is 24.8 Å². The number of carbonyl (C=O) groups is 1. The zero-order chi connectivity index (χ0) is 17.1. The maximum absolute atomic E-state index is 12.3. The highest BCUT2D eigenvalue weighted by molar-refractivity contribution is 5.91. The number of likely N-dealkylation sites (tertiary alicyclic amines) is 1. The zero-order valence-corrected chi connectivity index (χ0v) is 13.8. The first-order valence-electron chi connectivity index (χ1n) is 8.45. The van der Waals surface area contributed by atoms with Crippen molar-refractivity contribution in [3.8, 4) is 0 Å². The molecule has 0 bridgehead atoms. The highest BCUT2D eigenvalue weighted by Crippen LogP contribution is 2.36. The Morgan fingerprint density at radius 2 is 1.84 bits per heavy atom. The van der Waals surface area contributed by atoms with Gasteiger partial charge in [-0.2, -0.15) is 0 Å². The van der Waals surface area contributed by atoms with Crippen LogP contribution in [-0.4, -0.2) is 62.6 Å². The van der Waals surface area contributed by atoms with Crippen molar-refractivity contribution in [3.63, 3.8) is 0 Å². The second kappa shape index (κ2) is 6.72. The number of aromatic nitrogens is 4. The van der Waals surface area contributed by atoms with Crippen LogP contribution in [0.3, 0.4) is 0 Å².